The summed E-state index contributed by atoms with van der Waals surface area (Å²) in [6.45, 7) is 0.808. The second-order valence-corrected chi connectivity index (χ2v) is 9.76. The molecule has 2 amide bonds. The van der Waals surface area contributed by atoms with E-state index in [1.54, 1.807) is 60.5 Å². The Morgan fingerprint density at radius 1 is 0.917 bits per heavy atom. The summed E-state index contributed by atoms with van der Waals surface area (Å²) in [5.41, 5.74) is 1.71. The third-order valence-corrected chi connectivity index (χ3v) is 7.04. The van der Waals surface area contributed by atoms with Crippen LogP contribution in [0.2, 0.25) is 15.1 Å². The van der Waals surface area contributed by atoms with Crippen LogP contribution in [-0.4, -0.2) is 50.1 Å². The highest BCUT2D eigenvalue weighted by Crippen LogP contribution is 2.34. The van der Waals surface area contributed by atoms with Crippen LogP contribution >= 0.6 is 34.8 Å². The van der Waals surface area contributed by atoms with Crippen molar-refractivity contribution in [2.45, 2.75) is 18.4 Å². The summed E-state index contributed by atoms with van der Waals surface area (Å²) in [6, 6.07) is 17.0. The van der Waals surface area contributed by atoms with E-state index in [-0.39, 0.29) is 23.8 Å². The molecule has 4 rings (SSSR count). The molecule has 3 aromatic carbocycles. The van der Waals surface area contributed by atoms with Crippen LogP contribution in [0.15, 0.2) is 60.7 Å². The quantitative estimate of drug-likeness (QED) is 0.405. The molecule has 9 heteroatoms. The third-order valence-electron chi connectivity index (χ3n) is 6.28. The zero-order chi connectivity index (χ0) is 25.8. The van der Waals surface area contributed by atoms with E-state index in [0.717, 1.165) is 5.56 Å². The molecule has 0 radical (unpaired) electrons. The van der Waals surface area contributed by atoms with Crippen molar-refractivity contribution >= 4 is 46.6 Å². The Hall–Kier alpha value is -2.93. The number of halogens is 3. The summed E-state index contributed by atoms with van der Waals surface area (Å²) in [5, 5.41) is 4.45. The van der Waals surface area contributed by atoms with E-state index in [1.807, 2.05) is 12.1 Å². The van der Waals surface area contributed by atoms with E-state index in [1.165, 1.54) is 7.11 Å². The van der Waals surface area contributed by atoms with Gasteiger partial charge in [-0.3, -0.25) is 9.59 Å². The van der Waals surface area contributed by atoms with Crippen LogP contribution in [0.5, 0.6) is 11.5 Å². The maximum Gasteiger partial charge on any atom is 0.254 e. The number of hydrogen-bond acceptors (Lipinski definition) is 4. The minimum absolute atomic E-state index is 0.148. The summed E-state index contributed by atoms with van der Waals surface area (Å²) in [5.74, 6) is 0.351. The lowest BCUT2D eigenvalue weighted by Gasteiger charge is -2.39. The SMILES string of the molecule is COc1ccc(C(=O)N2CC[C@H](NC(=O)c3ccccc3Cl)[C@@H](c3cc(Cl)cc(Cl)c3)C2)cc1OC. The van der Waals surface area contributed by atoms with Gasteiger partial charge in [-0.2, -0.15) is 0 Å². The molecule has 0 saturated carbocycles. The van der Waals surface area contributed by atoms with Crippen molar-refractivity contribution in [1.29, 1.82) is 0 Å². The number of carbonyl (C=O) groups is 2. The average molecular weight is 548 g/mol. The summed E-state index contributed by atoms with van der Waals surface area (Å²) in [6.07, 6.45) is 0.532. The molecule has 0 spiro atoms. The number of likely N-dealkylation sites (tertiary alicyclic amines) is 1. The fourth-order valence-electron chi connectivity index (χ4n) is 4.48. The van der Waals surface area contributed by atoms with Crippen LogP contribution in [0.25, 0.3) is 0 Å². The zero-order valence-electron chi connectivity index (χ0n) is 19.8. The van der Waals surface area contributed by atoms with Gasteiger partial charge in [0.25, 0.3) is 11.8 Å². The molecule has 1 saturated heterocycles. The highest BCUT2D eigenvalue weighted by molar-refractivity contribution is 6.34. The standard InChI is InChI=1S/C27H25Cl3N2O4/c1-35-24-8-7-16(13-25(24)36-2)27(34)32-10-9-23(31-26(33)20-5-3-4-6-22(20)30)21(15-32)17-11-18(28)14-19(29)12-17/h3-8,11-14,21,23H,9-10,15H2,1-2H3,(H,31,33)/t21-,23+/m1/s1. The fraction of sp³-hybridized carbons (Fsp3) is 0.259. The molecule has 188 valence electrons. The molecule has 0 aromatic heterocycles. The maximum absolute atomic E-state index is 13.4. The van der Waals surface area contributed by atoms with Crippen LogP contribution in [0.1, 0.15) is 38.6 Å². The van der Waals surface area contributed by atoms with Gasteiger partial charge in [0.15, 0.2) is 11.5 Å². The van der Waals surface area contributed by atoms with Crippen LogP contribution in [0.4, 0.5) is 0 Å². The molecule has 1 heterocycles. The second kappa shape index (κ2) is 11.4. The predicted molar refractivity (Wildman–Crippen MR) is 142 cm³/mol. The van der Waals surface area contributed by atoms with Crippen molar-refractivity contribution < 1.29 is 19.1 Å². The van der Waals surface area contributed by atoms with E-state index in [9.17, 15) is 9.59 Å². The van der Waals surface area contributed by atoms with Gasteiger partial charge in [-0.1, -0.05) is 46.9 Å². The molecule has 2 atom stereocenters. The number of methoxy groups -OCH3 is 2. The zero-order valence-corrected chi connectivity index (χ0v) is 22.0. The molecular formula is C27H25Cl3N2O4. The first-order valence-corrected chi connectivity index (χ1v) is 12.5. The van der Waals surface area contributed by atoms with E-state index in [0.29, 0.717) is 57.2 Å². The number of piperidine rings is 1. The molecule has 0 bridgehead atoms. The first-order chi connectivity index (χ1) is 17.3. The topological polar surface area (TPSA) is 67.9 Å². The van der Waals surface area contributed by atoms with Crippen molar-refractivity contribution in [3.8, 4) is 11.5 Å². The highest BCUT2D eigenvalue weighted by Gasteiger charge is 2.35. The second-order valence-electron chi connectivity index (χ2n) is 8.48. The van der Waals surface area contributed by atoms with Gasteiger partial charge in [0.05, 0.1) is 24.8 Å². The molecule has 1 aliphatic rings. The lowest BCUT2D eigenvalue weighted by Crippen LogP contribution is -2.51. The van der Waals surface area contributed by atoms with Gasteiger partial charge in [-0.05, 0) is 60.5 Å². The predicted octanol–water partition coefficient (Wildman–Crippen LogP) is 6.09. The Balaban J connectivity index is 1.62. The van der Waals surface area contributed by atoms with Gasteiger partial charge in [-0.15, -0.1) is 0 Å². The molecule has 1 aliphatic heterocycles. The summed E-state index contributed by atoms with van der Waals surface area (Å²) >= 11 is 18.8. The van der Waals surface area contributed by atoms with Gasteiger partial charge in [0, 0.05) is 40.7 Å². The van der Waals surface area contributed by atoms with Gasteiger partial charge >= 0.3 is 0 Å². The van der Waals surface area contributed by atoms with Gasteiger partial charge < -0.3 is 19.7 Å². The molecule has 0 aliphatic carbocycles. The highest BCUT2D eigenvalue weighted by atomic mass is 35.5. The van der Waals surface area contributed by atoms with Crippen molar-refractivity contribution in [3.63, 3.8) is 0 Å². The van der Waals surface area contributed by atoms with Gasteiger partial charge in [0.1, 0.15) is 0 Å². The molecule has 3 aromatic rings. The molecule has 1 fully saturated rings. The minimum Gasteiger partial charge on any atom is -0.493 e. The van der Waals surface area contributed by atoms with E-state index in [2.05, 4.69) is 5.32 Å². The molecular weight excluding hydrogens is 523 g/mol. The molecule has 36 heavy (non-hydrogen) atoms. The average Bonchev–Trinajstić information content (AvgIpc) is 2.87. The third kappa shape index (κ3) is 5.72. The van der Waals surface area contributed by atoms with Gasteiger partial charge in [0.2, 0.25) is 0 Å². The number of benzene rings is 3. The first kappa shape index (κ1) is 26.1. The minimum atomic E-state index is -0.275. The summed E-state index contributed by atoms with van der Waals surface area (Å²) in [4.78, 5) is 28.3. The van der Waals surface area contributed by atoms with Crippen molar-refractivity contribution in [2.75, 3.05) is 27.3 Å². The largest absolute Gasteiger partial charge is 0.493 e. The monoisotopic (exact) mass is 546 g/mol. The Morgan fingerprint density at radius 2 is 1.61 bits per heavy atom. The summed E-state index contributed by atoms with van der Waals surface area (Å²) < 4.78 is 10.6. The first-order valence-electron chi connectivity index (χ1n) is 11.3. The van der Waals surface area contributed by atoms with Crippen LogP contribution in [-0.2, 0) is 0 Å². The fourth-order valence-corrected chi connectivity index (χ4v) is 5.24. The normalized spacial score (nSPS) is 17.4. The number of ether oxygens (including phenoxy) is 2. The van der Waals surface area contributed by atoms with Crippen LogP contribution in [0, 0.1) is 0 Å². The van der Waals surface area contributed by atoms with E-state index in [4.69, 9.17) is 44.3 Å². The van der Waals surface area contributed by atoms with Crippen molar-refractivity contribution in [2.24, 2.45) is 0 Å². The number of nitrogens with one attached hydrogen (secondary N) is 1. The smallest absolute Gasteiger partial charge is 0.254 e. The lowest BCUT2D eigenvalue weighted by molar-refractivity contribution is 0.0671. The Labute approximate surface area is 225 Å². The number of nitrogens with zero attached hydrogens (tertiary/aromatic N) is 1. The van der Waals surface area contributed by atoms with Crippen LogP contribution < -0.4 is 14.8 Å². The number of rotatable bonds is 6. The molecule has 6 nitrogen and oxygen atoms in total. The molecule has 1 N–H and O–H groups in total. The molecule has 0 unspecified atom stereocenters. The number of carbonyl (C=O) groups excluding carboxylic acids is 2. The lowest BCUT2D eigenvalue weighted by atomic mass is 9.85. The summed E-state index contributed by atoms with van der Waals surface area (Å²) in [7, 11) is 3.07. The van der Waals surface area contributed by atoms with Crippen molar-refractivity contribution in [1.82, 2.24) is 10.2 Å². The van der Waals surface area contributed by atoms with E-state index >= 15 is 0 Å². The van der Waals surface area contributed by atoms with Crippen LogP contribution in [0.3, 0.4) is 0 Å². The Kier molecular flexibility index (Phi) is 8.29. The van der Waals surface area contributed by atoms with Crippen molar-refractivity contribution in [3.05, 3.63) is 92.4 Å². The Bertz CT molecular complexity index is 1260. The Morgan fingerprint density at radius 3 is 2.28 bits per heavy atom. The van der Waals surface area contributed by atoms with E-state index < -0.39 is 0 Å². The number of amides is 2. The van der Waals surface area contributed by atoms with Gasteiger partial charge in [-0.25, -0.2) is 0 Å². The number of hydrogen-bond donors (Lipinski definition) is 1. The maximum atomic E-state index is 13.4.